The van der Waals surface area contributed by atoms with E-state index in [1.54, 1.807) is 7.11 Å². The van der Waals surface area contributed by atoms with Crippen LogP contribution >= 0.6 is 0 Å². The van der Waals surface area contributed by atoms with Crippen molar-refractivity contribution < 1.29 is 9.53 Å². The number of methoxy groups -OCH3 is 1. The number of hydrogen-bond donors (Lipinski definition) is 1. The molecule has 1 aromatic heterocycles. The maximum atomic E-state index is 12.7. The SMILES string of the molecule is COc1ccccc1CCN1C(=O)C[C@H]2[C@@H]1CCN2Cc1cc(C(C)(C)C)n[nH]1. The van der Waals surface area contributed by atoms with E-state index in [1.807, 2.05) is 18.2 Å². The van der Waals surface area contributed by atoms with E-state index in [0.717, 1.165) is 55.2 Å². The third-order valence-corrected chi connectivity index (χ3v) is 6.32. The molecule has 2 atom stereocenters. The summed E-state index contributed by atoms with van der Waals surface area (Å²) >= 11 is 0. The first-order valence-electron chi connectivity index (χ1n) is 10.6. The van der Waals surface area contributed by atoms with Gasteiger partial charge in [-0.3, -0.25) is 14.8 Å². The number of H-pyrrole nitrogens is 1. The van der Waals surface area contributed by atoms with E-state index in [1.165, 1.54) is 0 Å². The highest BCUT2D eigenvalue weighted by molar-refractivity contribution is 5.80. The highest BCUT2D eigenvalue weighted by Gasteiger charge is 2.46. The van der Waals surface area contributed by atoms with Crippen molar-refractivity contribution in [3.8, 4) is 5.75 Å². The molecule has 156 valence electrons. The quantitative estimate of drug-likeness (QED) is 0.815. The molecule has 2 saturated heterocycles. The summed E-state index contributed by atoms with van der Waals surface area (Å²) < 4.78 is 5.46. The van der Waals surface area contributed by atoms with Crippen LogP contribution in [0.3, 0.4) is 0 Å². The smallest absolute Gasteiger partial charge is 0.224 e. The van der Waals surface area contributed by atoms with Gasteiger partial charge < -0.3 is 9.64 Å². The summed E-state index contributed by atoms with van der Waals surface area (Å²) in [6, 6.07) is 10.9. The van der Waals surface area contributed by atoms with Crippen LogP contribution in [0.4, 0.5) is 0 Å². The number of nitrogens with zero attached hydrogens (tertiary/aromatic N) is 3. The Morgan fingerprint density at radius 1 is 1.24 bits per heavy atom. The number of nitrogens with one attached hydrogen (secondary N) is 1. The number of rotatable bonds is 6. The molecule has 1 amide bonds. The Kier molecular flexibility index (Phi) is 5.38. The summed E-state index contributed by atoms with van der Waals surface area (Å²) in [6.45, 7) is 9.14. The molecule has 1 aromatic carbocycles. The maximum absolute atomic E-state index is 12.7. The average molecular weight is 397 g/mol. The number of aromatic nitrogens is 2. The zero-order valence-corrected chi connectivity index (χ0v) is 17.9. The van der Waals surface area contributed by atoms with Crippen LogP contribution in [0.25, 0.3) is 0 Å². The number of hydrogen-bond acceptors (Lipinski definition) is 4. The van der Waals surface area contributed by atoms with Crippen molar-refractivity contribution in [2.45, 2.75) is 64.1 Å². The first kappa shape index (κ1) is 20.0. The molecule has 2 aliphatic heterocycles. The predicted molar refractivity (Wildman–Crippen MR) is 113 cm³/mol. The van der Waals surface area contributed by atoms with Crippen molar-refractivity contribution in [3.63, 3.8) is 0 Å². The van der Waals surface area contributed by atoms with Crippen molar-refractivity contribution >= 4 is 5.91 Å². The number of amides is 1. The van der Waals surface area contributed by atoms with Gasteiger partial charge in [0.05, 0.1) is 12.8 Å². The van der Waals surface area contributed by atoms with Crippen LogP contribution < -0.4 is 4.74 Å². The Hall–Kier alpha value is -2.34. The number of carbonyl (C=O) groups excluding carboxylic acids is 1. The van der Waals surface area contributed by atoms with Gasteiger partial charge in [0.2, 0.25) is 5.91 Å². The fourth-order valence-electron chi connectivity index (χ4n) is 4.69. The summed E-state index contributed by atoms with van der Waals surface area (Å²) in [6.07, 6.45) is 2.49. The normalized spacial score (nSPS) is 22.3. The van der Waals surface area contributed by atoms with Crippen molar-refractivity contribution in [1.82, 2.24) is 20.0 Å². The molecule has 1 N–H and O–H groups in total. The van der Waals surface area contributed by atoms with Gasteiger partial charge in [0, 0.05) is 49.2 Å². The molecule has 0 saturated carbocycles. The number of para-hydroxylation sites is 1. The van der Waals surface area contributed by atoms with Crippen LogP contribution in [-0.4, -0.2) is 58.2 Å². The molecular weight excluding hydrogens is 364 g/mol. The van der Waals surface area contributed by atoms with E-state index in [9.17, 15) is 4.79 Å². The highest BCUT2D eigenvalue weighted by atomic mass is 16.5. The molecule has 2 aromatic rings. The van der Waals surface area contributed by atoms with Gasteiger partial charge >= 0.3 is 0 Å². The van der Waals surface area contributed by atoms with Crippen LogP contribution in [-0.2, 0) is 23.2 Å². The van der Waals surface area contributed by atoms with E-state index in [2.05, 4.69) is 52.9 Å². The molecule has 2 aliphatic rings. The Bertz CT molecular complexity index is 870. The lowest BCUT2D eigenvalue weighted by atomic mass is 9.92. The number of likely N-dealkylation sites (tertiary alicyclic amines) is 2. The molecule has 0 bridgehead atoms. The van der Waals surface area contributed by atoms with Gasteiger partial charge in [-0.25, -0.2) is 0 Å². The van der Waals surface area contributed by atoms with Gasteiger partial charge in [0.1, 0.15) is 5.75 Å². The largest absolute Gasteiger partial charge is 0.496 e. The topological polar surface area (TPSA) is 61.5 Å². The van der Waals surface area contributed by atoms with E-state index >= 15 is 0 Å². The highest BCUT2D eigenvalue weighted by Crippen LogP contribution is 2.34. The van der Waals surface area contributed by atoms with Gasteiger partial charge in [-0.05, 0) is 30.5 Å². The van der Waals surface area contributed by atoms with E-state index in [4.69, 9.17) is 4.74 Å². The van der Waals surface area contributed by atoms with Crippen molar-refractivity contribution in [3.05, 3.63) is 47.3 Å². The molecule has 0 unspecified atom stereocenters. The first-order valence-corrected chi connectivity index (χ1v) is 10.6. The summed E-state index contributed by atoms with van der Waals surface area (Å²) in [4.78, 5) is 17.3. The van der Waals surface area contributed by atoms with Crippen LogP contribution in [0.15, 0.2) is 30.3 Å². The Labute approximate surface area is 173 Å². The second kappa shape index (κ2) is 7.82. The lowest BCUT2D eigenvalue weighted by molar-refractivity contribution is -0.129. The van der Waals surface area contributed by atoms with Crippen LogP contribution in [0.1, 0.15) is 50.6 Å². The van der Waals surface area contributed by atoms with Gasteiger partial charge in [0.15, 0.2) is 0 Å². The second-order valence-corrected chi connectivity index (χ2v) is 9.28. The standard InChI is InChI=1S/C23H32N4O2/c1-23(2,3)21-13-17(24-25-21)15-26-11-10-18-19(26)14-22(28)27(18)12-9-16-7-5-6-8-20(16)29-4/h5-8,13,18-19H,9-12,14-15H2,1-4H3,(H,24,25)/t18-,19-/m0/s1. The van der Waals surface area contributed by atoms with Crippen molar-refractivity contribution in [2.24, 2.45) is 0 Å². The molecule has 2 fully saturated rings. The molecule has 4 rings (SSSR count). The zero-order valence-electron chi connectivity index (χ0n) is 17.9. The van der Waals surface area contributed by atoms with Gasteiger partial charge in [-0.1, -0.05) is 39.0 Å². The van der Waals surface area contributed by atoms with Gasteiger partial charge in [-0.15, -0.1) is 0 Å². The third kappa shape index (κ3) is 4.04. The maximum Gasteiger partial charge on any atom is 0.224 e. The zero-order chi connectivity index (χ0) is 20.6. The summed E-state index contributed by atoms with van der Waals surface area (Å²) in [5, 5.41) is 7.68. The molecule has 29 heavy (non-hydrogen) atoms. The van der Waals surface area contributed by atoms with Crippen LogP contribution in [0.5, 0.6) is 5.75 Å². The number of benzene rings is 1. The number of carbonyl (C=O) groups is 1. The van der Waals surface area contributed by atoms with Crippen molar-refractivity contribution in [2.75, 3.05) is 20.2 Å². The van der Waals surface area contributed by atoms with Gasteiger partial charge in [0.25, 0.3) is 0 Å². The molecule has 0 aliphatic carbocycles. The predicted octanol–water partition coefficient (Wildman–Crippen LogP) is 3.13. The second-order valence-electron chi connectivity index (χ2n) is 9.28. The first-order chi connectivity index (χ1) is 13.9. The number of fused-ring (bicyclic) bond motifs is 1. The molecule has 6 heteroatoms. The van der Waals surface area contributed by atoms with Gasteiger partial charge in [-0.2, -0.15) is 5.10 Å². The number of ether oxygens (including phenoxy) is 1. The monoisotopic (exact) mass is 396 g/mol. The van der Waals surface area contributed by atoms with Crippen LogP contribution in [0.2, 0.25) is 0 Å². The minimum absolute atomic E-state index is 0.0426. The average Bonchev–Trinajstić information content (AvgIpc) is 3.37. The van der Waals surface area contributed by atoms with Crippen molar-refractivity contribution in [1.29, 1.82) is 0 Å². The fourth-order valence-corrected chi connectivity index (χ4v) is 4.69. The molecule has 0 spiro atoms. The molecule has 0 radical (unpaired) electrons. The van der Waals surface area contributed by atoms with Crippen LogP contribution in [0, 0.1) is 0 Å². The Morgan fingerprint density at radius 3 is 2.76 bits per heavy atom. The number of aromatic amines is 1. The molecule has 6 nitrogen and oxygen atoms in total. The lowest BCUT2D eigenvalue weighted by Gasteiger charge is -2.25. The Balaban J connectivity index is 1.40. The summed E-state index contributed by atoms with van der Waals surface area (Å²) in [5.74, 6) is 1.18. The molecular formula is C23H32N4O2. The minimum atomic E-state index is 0.0426. The third-order valence-electron chi connectivity index (χ3n) is 6.32. The Morgan fingerprint density at radius 2 is 2.03 bits per heavy atom. The summed E-state index contributed by atoms with van der Waals surface area (Å²) in [7, 11) is 1.70. The van der Waals surface area contributed by atoms with E-state index in [0.29, 0.717) is 18.5 Å². The molecule has 3 heterocycles. The lowest BCUT2D eigenvalue weighted by Crippen LogP contribution is -2.38. The minimum Gasteiger partial charge on any atom is -0.496 e. The van der Waals surface area contributed by atoms with E-state index < -0.39 is 0 Å². The summed E-state index contributed by atoms with van der Waals surface area (Å²) in [5.41, 5.74) is 3.42. The van der Waals surface area contributed by atoms with E-state index in [-0.39, 0.29) is 11.3 Å². The fraction of sp³-hybridized carbons (Fsp3) is 0.565.